The fourth-order valence-electron chi connectivity index (χ4n) is 3.97. The molecule has 0 aliphatic carbocycles. The molecule has 6 heteroatoms. The van der Waals surface area contributed by atoms with Gasteiger partial charge < -0.3 is 14.8 Å². The van der Waals surface area contributed by atoms with Gasteiger partial charge in [-0.25, -0.2) is 0 Å². The molecule has 160 valence electrons. The van der Waals surface area contributed by atoms with Crippen LogP contribution in [0.5, 0.6) is 11.5 Å². The zero-order chi connectivity index (χ0) is 20.8. The van der Waals surface area contributed by atoms with Crippen LogP contribution in [-0.4, -0.2) is 37.1 Å². The number of ether oxygens (including phenoxy) is 2. The van der Waals surface area contributed by atoms with Crippen LogP contribution in [-0.2, 0) is 24.3 Å². The molecule has 0 unspecified atom stereocenters. The van der Waals surface area contributed by atoms with E-state index in [1.165, 1.54) is 37.9 Å². The van der Waals surface area contributed by atoms with E-state index in [2.05, 4.69) is 34.5 Å². The second-order valence-corrected chi connectivity index (χ2v) is 8.47. The quantitative estimate of drug-likeness (QED) is 0.743. The van der Waals surface area contributed by atoms with Gasteiger partial charge in [0, 0.05) is 19.5 Å². The fraction of sp³-hybridized carbons (Fsp3) is 0.458. The molecule has 5 nitrogen and oxygen atoms in total. The van der Waals surface area contributed by atoms with Crippen LogP contribution in [0.4, 0.5) is 0 Å². The Hall–Kier alpha value is -2.24. The molecule has 2 aliphatic heterocycles. The molecule has 0 saturated carbocycles. The van der Waals surface area contributed by atoms with Crippen molar-refractivity contribution in [3.05, 3.63) is 58.1 Å². The van der Waals surface area contributed by atoms with E-state index in [1.807, 2.05) is 6.07 Å². The van der Waals surface area contributed by atoms with Crippen LogP contribution in [0.15, 0.2) is 36.4 Å². The third-order valence-corrected chi connectivity index (χ3v) is 5.87. The third-order valence-electron chi connectivity index (χ3n) is 5.59. The standard InChI is InChI=1S/C24H29ClN2O3/c25-21-13-20(14-22-24(21)30-12-4-11-29-22)15-23(28)26-16-18-5-7-19(8-6-18)17-27-9-2-1-3-10-27/h5-8,13-14H,1-4,9-12,15-17H2,(H,26,28). The van der Waals surface area contributed by atoms with Crippen molar-refractivity contribution in [2.24, 2.45) is 0 Å². The van der Waals surface area contributed by atoms with Crippen LogP contribution in [0.1, 0.15) is 42.4 Å². The van der Waals surface area contributed by atoms with Gasteiger partial charge in [-0.1, -0.05) is 42.3 Å². The Morgan fingerprint density at radius 1 is 0.933 bits per heavy atom. The molecule has 2 heterocycles. The highest BCUT2D eigenvalue weighted by Gasteiger charge is 2.17. The Kier molecular flexibility index (Phi) is 7.13. The SMILES string of the molecule is O=C(Cc1cc(Cl)c2c(c1)OCCCO2)NCc1ccc(CN2CCCCC2)cc1. The summed E-state index contributed by atoms with van der Waals surface area (Å²) in [6, 6.07) is 12.2. The summed E-state index contributed by atoms with van der Waals surface area (Å²) < 4.78 is 11.3. The van der Waals surface area contributed by atoms with Gasteiger partial charge in [0.05, 0.1) is 24.7 Å². The number of hydrogen-bond acceptors (Lipinski definition) is 4. The van der Waals surface area contributed by atoms with Gasteiger partial charge in [-0.2, -0.15) is 0 Å². The van der Waals surface area contributed by atoms with E-state index in [9.17, 15) is 4.79 Å². The first-order valence-electron chi connectivity index (χ1n) is 10.8. The van der Waals surface area contributed by atoms with E-state index in [1.54, 1.807) is 6.07 Å². The second kappa shape index (κ2) is 10.2. The number of carbonyl (C=O) groups excluding carboxylic acids is 1. The molecule has 0 aromatic heterocycles. The maximum Gasteiger partial charge on any atom is 0.224 e. The van der Waals surface area contributed by atoms with Gasteiger partial charge in [-0.05, 0) is 54.8 Å². The number of carbonyl (C=O) groups is 1. The number of fused-ring (bicyclic) bond motifs is 1. The summed E-state index contributed by atoms with van der Waals surface area (Å²) in [5, 5.41) is 3.48. The van der Waals surface area contributed by atoms with Gasteiger partial charge in [0.15, 0.2) is 11.5 Å². The van der Waals surface area contributed by atoms with E-state index < -0.39 is 0 Å². The molecule has 0 bridgehead atoms. The minimum absolute atomic E-state index is 0.0436. The lowest BCUT2D eigenvalue weighted by Gasteiger charge is -2.26. The summed E-state index contributed by atoms with van der Waals surface area (Å²) in [6.07, 6.45) is 5.03. The molecular weight excluding hydrogens is 400 g/mol. The van der Waals surface area contributed by atoms with E-state index in [0.717, 1.165) is 24.1 Å². The van der Waals surface area contributed by atoms with Gasteiger partial charge in [-0.15, -0.1) is 0 Å². The predicted octanol–water partition coefficient (Wildman–Crippen LogP) is 4.35. The number of hydrogen-bond donors (Lipinski definition) is 1. The minimum atomic E-state index is -0.0436. The van der Waals surface area contributed by atoms with Crippen LogP contribution < -0.4 is 14.8 Å². The Morgan fingerprint density at radius 3 is 2.47 bits per heavy atom. The third kappa shape index (κ3) is 5.67. The minimum Gasteiger partial charge on any atom is -0.489 e. The predicted molar refractivity (Wildman–Crippen MR) is 118 cm³/mol. The zero-order valence-corrected chi connectivity index (χ0v) is 18.0. The Balaban J connectivity index is 1.28. The van der Waals surface area contributed by atoms with Gasteiger partial charge in [0.25, 0.3) is 0 Å². The van der Waals surface area contributed by atoms with Crippen molar-refractivity contribution in [1.29, 1.82) is 0 Å². The highest BCUT2D eigenvalue weighted by Crippen LogP contribution is 2.38. The molecule has 1 N–H and O–H groups in total. The molecule has 0 radical (unpaired) electrons. The highest BCUT2D eigenvalue weighted by atomic mass is 35.5. The zero-order valence-electron chi connectivity index (χ0n) is 17.3. The summed E-state index contributed by atoms with van der Waals surface area (Å²) in [5.41, 5.74) is 3.25. The Bertz CT molecular complexity index is 863. The van der Waals surface area contributed by atoms with Crippen LogP contribution in [0.3, 0.4) is 0 Å². The van der Waals surface area contributed by atoms with Gasteiger partial charge in [0.1, 0.15) is 0 Å². The molecule has 30 heavy (non-hydrogen) atoms. The topological polar surface area (TPSA) is 50.8 Å². The number of nitrogens with zero attached hydrogens (tertiary/aromatic N) is 1. The van der Waals surface area contributed by atoms with E-state index in [0.29, 0.717) is 36.3 Å². The van der Waals surface area contributed by atoms with E-state index in [4.69, 9.17) is 21.1 Å². The fourth-order valence-corrected chi connectivity index (χ4v) is 4.26. The summed E-state index contributed by atoms with van der Waals surface area (Å²) in [4.78, 5) is 14.9. The molecule has 2 aromatic carbocycles. The summed E-state index contributed by atoms with van der Waals surface area (Å²) in [5.74, 6) is 1.15. The summed E-state index contributed by atoms with van der Waals surface area (Å²) in [6.45, 7) is 5.10. The van der Waals surface area contributed by atoms with Crippen molar-refractivity contribution in [1.82, 2.24) is 10.2 Å². The lowest BCUT2D eigenvalue weighted by atomic mass is 10.1. The van der Waals surface area contributed by atoms with Crippen LogP contribution >= 0.6 is 11.6 Å². The number of halogens is 1. The van der Waals surface area contributed by atoms with Crippen LogP contribution in [0, 0.1) is 0 Å². The van der Waals surface area contributed by atoms with E-state index in [-0.39, 0.29) is 12.3 Å². The molecule has 2 aliphatic rings. The molecule has 1 fully saturated rings. The molecule has 4 rings (SSSR count). The molecule has 0 spiro atoms. The van der Waals surface area contributed by atoms with Crippen molar-refractivity contribution in [3.8, 4) is 11.5 Å². The number of rotatable bonds is 6. The lowest BCUT2D eigenvalue weighted by molar-refractivity contribution is -0.120. The Morgan fingerprint density at radius 2 is 1.67 bits per heavy atom. The molecule has 0 atom stereocenters. The van der Waals surface area contributed by atoms with Crippen molar-refractivity contribution in [2.75, 3.05) is 26.3 Å². The largest absolute Gasteiger partial charge is 0.489 e. The number of likely N-dealkylation sites (tertiary alicyclic amines) is 1. The molecule has 2 aromatic rings. The van der Waals surface area contributed by atoms with Gasteiger partial charge in [-0.3, -0.25) is 9.69 Å². The van der Waals surface area contributed by atoms with Crippen LogP contribution in [0.25, 0.3) is 0 Å². The van der Waals surface area contributed by atoms with Crippen molar-refractivity contribution in [3.63, 3.8) is 0 Å². The average molecular weight is 429 g/mol. The van der Waals surface area contributed by atoms with Gasteiger partial charge in [0.2, 0.25) is 5.91 Å². The number of benzene rings is 2. The molecular formula is C24H29ClN2O3. The number of piperidine rings is 1. The number of nitrogens with one attached hydrogen (secondary N) is 1. The highest BCUT2D eigenvalue weighted by molar-refractivity contribution is 6.32. The summed E-state index contributed by atoms with van der Waals surface area (Å²) in [7, 11) is 0. The molecule has 1 amide bonds. The van der Waals surface area contributed by atoms with Gasteiger partial charge >= 0.3 is 0 Å². The smallest absolute Gasteiger partial charge is 0.224 e. The van der Waals surface area contributed by atoms with Crippen LogP contribution in [0.2, 0.25) is 5.02 Å². The second-order valence-electron chi connectivity index (χ2n) is 8.06. The van der Waals surface area contributed by atoms with Crippen molar-refractivity contribution >= 4 is 17.5 Å². The first-order chi connectivity index (χ1) is 14.7. The van der Waals surface area contributed by atoms with Crippen molar-refractivity contribution in [2.45, 2.75) is 45.2 Å². The number of amides is 1. The average Bonchev–Trinajstić information content (AvgIpc) is 3.00. The normalized spacial score (nSPS) is 16.7. The maximum atomic E-state index is 12.4. The lowest BCUT2D eigenvalue weighted by Crippen LogP contribution is -2.29. The Labute approximate surface area is 183 Å². The molecule has 1 saturated heterocycles. The first kappa shape index (κ1) is 21.0. The van der Waals surface area contributed by atoms with Crippen molar-refractivity contribution < 1.29 is 14.3 Å². The maximum absolute atomic E-state index is 12.4. The monoisotopic (exact) mass is 428 g/mol. The van der Waals surface area contributed by atoms with E-state index >= 15 is 0 Å². The first-order valence-corrected chi connectivity index (χ1v) is 11.2. The summed E-state index contributed by atoms with van der Waals surface area (Å²) >= 11 is 6.32.